The molecule has 2 heterocycles. The fraction of sp³-hybridized carbons (Fsp3) is 0.294. The third-order valence-corrected chi connectivity index (χ3v) is 3.82. The van der Waals surface area contributed by atoms with E-state index in [0.717, 1.165) is 6.07 Å². The van der Waals surface area contributed by atoms with Gasteiger partial charge in [0.05, 0.1) is 12.1 Å². The number of benzene rings is 1. The van der Waals surface area contributed by atoms with Crippen LogP contribution in [0.1, 0.15) is 22.5 Å². The number of carbonyl (C=O) groups is 1. The van der Waals surface area contributed by atoms with Crippen molar-refractivity contribution in [2.75, 3.05) is 13.1 Å². The van der Waals surface area contributed by atoms with Crippen LogP contribution < -0.4 is 9.47 Å². The van der Waals surface area contributed by atoms with Gasteiger partial charge in [0.25, 0.3) is 11.8 Å². The van der Waals surface area contributed by atoms with Crippen molar-refractivity contribution in [1.29, 1.82) is 5.26 Å². The zero-order valence-electron chi connectivity index (χ0n) is 13.8. The van der Waals surface area contributed by atoms with Crippen LogP contribution in [0.3, 0.4) is 0 Å². The van der Waals surface area contributed by atoms with E-state index in [1.54, 1.807) is 0 Å². The maximum atomic E-state index is 12.6. The largest absolute Gasteiger partial charge is 0.573 e. The van der Waals surface area contributed by atoms with Crippen LogP contribution in [0.2, 0.25) is 0 Å². The van der Waals surface area contributed by atoms with Crippen LogP contribution in [0, 0.1) is 11.3 Å². The number of amides is 1. The molecule has 0 spiro atoms. The Morgan fingerprint density at radius 1 is 1.26 bits per heavy atom. The molecule has 3 rings (SSSR count). The number of hydrogen-bond donors (Lipinski definition) is 0. The average Bonchev–Trinajstić information content (AvgIpc) is 3.09. The Labute approximate surface area is 152 Å². The number of ether oxygens (including phenoxy) is 2. The Morgan fingerprint density at radius 2 is 2.00 bits per heavy atom. The fourth-order valence-electron chi connectivity index (χ4n) is 2.68. The first-order chi connectivity index (χ1) is 12.9. The maximum absolute atomic E-state index is 12.6. The molecule has 1 amide bonds. The molecule has 1 aromatic carbocycles. The Bertz CT molecular complexity index is 882. The van der Waals surface area contributed by atoms with Crippen LogP contribution in [0.25, 0.3) is 0 Å². The van der Waals surface area contributed by atoms with E-state index in [1.807, 2.05) is 6.07 Å². The molecule has 1 atom stereocenters. The smallest absolute Gasteiger partial charge is 0.470 e. The minimum atomic E-state index is -4.90. The SMILES string of the molecule is N#Cc1nccnc1OC1CCN(C(=O)c2ccccc2OC(F)(F)F)C1. The van der Waals surface area contributed by atoms with E-state index in [1.165, 1.54) is 35.5 Å². The summed E-state index contributed by atoms with van der Waals surface area (Å²) in [6, 6.07) is 7.03. The maximum Gasteiger partial charge on any atom is 0.573 e. The molecule has 10 heteroatoms. The molecule has 7 nitrogen and oxygen atoms in total. The van der Waals surface area contributed by atoms with Crippen LogP contribution in [0.15, 0.2) is 36.7 Å². The molecule has 0 radical (unpaired) electrons. The van der Waals surface area contributed by atoms with Gasteiger partial charge in [0.15, 0.2) is 0 Å². The van der Waals surface area contributed by atoms with E-state index < -0.39 is 24.1 Å². The third-order valence-electron chi connectivity index (χ3n) is 3.82. The van der Waals surface area contributed by atoms with Gasteiger partial charge in [-0.25, -0.2) is 9.97 Å². The summed E-state index contributed by atoms with van der Waals surface area (Å²) in [5.41, 5.74) is -0.168. The first kappa shape index (κ1) is 18.4. The van der Waals surface area contributed by atoms with Crippen molar-refractivity contribution in [2.45, 2.75) is 18.9 Å². The van der Waals surface area contributed by atoms with Gasteiger partial charge in [-0.05, 0) is 12.1 Å². The molecule has 1 aliphatic heterocycles. The number of hydrogen-bond acceptors (Lipinski definition) is 6. The van der Waals surface area contributed by atoms with Gasteiger partial charge in [0.2, 0.25) is 5.69 Å². The summed E-state index contributed by atoms with van der Waals surface area (Å²) in [6.45, 7) is 0.423. The molecule has 0 aliphatic carbocycles. The number of rotatable bonds is 4. The summed E-state index contributed by atoms with van der Waals surface area (Å²) in [5.74, 6) is -1.10. The minimum Gasteiger partial charge on any atom is -0.470 e. The van der Waals surface area contributed by atoms with Gasteiger partial charge in [-0.15, -0.1) is 13.2 Å². The lowest BCUT2D eigenvalue weighted by Crippen LogP contribution is -2.32. The highest BCUT2D eigenvalue weighted by Crippen LogP contribution is 2.28. The van der Waals surface area contributed by atoms with Crippen molar-refractivity contribution < 1.29 is 27.4 Å². The van der Waals surface area contributed by atoms with E-state index in [2.05, 4.69) is 14.7 Å². The predicted octanol–water partition coefficient (Wildman–Crippen LogP) is 2.54. The summed E-state index contributed by atoms with van der Waals surface area (Å²) in [5, 5.41) is 9.00. The minimum absolute atomic E-state index is 0.0196. The zero-order chi connectivity index (χ0) is 19.4. The van der Waals surface area contributed by atoms with Gasteiger partial charge in [-0.2, -0.15) is 5.26 Å². The van der Waals surface area contributed by atoms with E-state index in [9.17, 15) is 18.0 Å². The van der Waals surface area contributed by atoms with Gasteiger partial charge in [-0.3, -0.25) is 4.79 Å². The zero-order valence-corrected chi connectivity index (χ0v) is 13.8. The summed E-state index contributed by atoms with van der Waals surface area (Å²) >= 11 is 0. The monoisotopic (exact) mass is 378 g/mol. The van der Waals surface area contributed by atoms with Crippen LogP contribution in [-0.4, -0.2) is 46.3 Å². The molecule has 0 bridgehead atoms. The summed E-state index contributed by atoms with van der Waals surface area (Å²) in [4.78, 5) is 21.8. The van der Waals surface area contributed by atoms with Crippen LogP contribution in [0.5, 0.6) is 11.6 Å². The van der Waals surface area contributed by atoms with Crippen molar-refractivity contribution in [3.63, 3.8) is 0 Å². The summed E-state index contributed by atoms with van der Waals surface area (Å²) in [6.07, 6.45) is -2.18. The van der Waals surface area contributed by atoms with Crippen LogP contribution in [0.4, 0.5) is 13.2 Å². The van der Waals surface area contributed by atoms with Gasteiger partial charge >= 0.3 is 6.36 Å². The van der Waals surface area contributed by atoms with Gasteiger partial charge in [-0.1, -0.05) is 12.1 Å². The highest BCUT2D eigenvalue weighted by atomic mass is 19.4. The molecule has 0 N–H and O–H groups in total. The van der Waals surface area contributed by atoms with Crippen molar-refractivity contribution in [3.8, 4) is 17.7 Å². The number of carbonyl (C=O) groups excluding carboxylic acids is 1. The Balaban J connectivity index is 1.71. The Hall–Kier alpha value is -3.35. The van der Waals surface area contributed by atoms with Gasteiger partial charge < -0.3 is 14.4 Å². The van der Waals surface area contributed by atoms with E-state index in [0.29, 0.717) is 6.42 Å². The second-order valence-corrected chi connectivity index (χ2v) is 5.65. The molecule has 1 aromatic heterocycles. The quantitative estimate of drug-likeness (QED) is 0.812. The topological polar surface area (TPSA) is 88.3 Å². The highest BCUT2D eigenvalue weighted by Gasteiger charge is 2.35. The van der Waals surface area contributed by atoms with Crippen molar-refractivity contribution >= 4 is 5.91 Å². The number of halogens is 3. The number of aromatic nitrogens is 2. The number of likely N-dealkylation sites (tertiary alicyclic amines) is 1. The number of alkyl halides is 3. The fourth-order valence-corrected chi connectivity index (χ4v) is 2.68. The molecular weight excluding hydrogens is 365 g/mol. The number of nitrogens with zero attached hydrogens (tertiary/aromatic N) is 4. The standard InChI is InChI=1S/C17H13F3N4O3/c18-17(19,20)27-14-4-2-1-3-12(14)16(25)24-8-5-11(10-24)26-15-13(9-21)22-6-7-23-15/h1-4,6-7,11H,5,8,10H2. The van der Waals surface area contributed by atoms with Crippen LogP contribution in [-0.2, 0) is 0 Å². The molecule has 1 unspecified atom stereocenters. The third kappa shape index (κ3) is 4.44. The lowest BCUT2D eigenvalue weighted by atomic mass is 10.2. The van der Waals surface area contributed by atoms with Crippen LogP contribution >= 0.6 is 0 Å². The Kier molecular flexibility index (Phi) is 5.12. The van der Waals surface area contributed by atoms with E-state index in [4.69, 9.17) is 10.00 Å². The molecule has 0 saturated carbocycles. The molecule has 1 aliphatic rings. The summed E-state index contributed by atoms with van der Waals surface area (Å²) < 4.78 is 47.2. The molecule has 1 saturated heterocycles. The molecule has 140 valence electrons. The normalized spacial score (nSPS) is 16.7. The second-order valence-electron chi connectivity index (χ2n) is 5.65. The first-order valence-corrected chi connectivity index (χ1v) is 7.89. The van der Waals surface area contributed by atoms with Gasteiger partial charge in [0, 0.05) is 25.4 Å². The highest BCUT2D eigenvalue weighted by molar-refractivity contribution is 5.97. The predicted molar refractivity (Wildman–Crippen MR) is 84.8 cm³/mol. The molecule has 2 aromatic rings. The first-order valence-electron chi connectivity index (χ1n) is 7.89. The number of para-hydroxylation sites is 1. The Morgan fingerprint density at radius 3 is 2.74 bits per heavy atom. The lowest BCUT2D eigenvalue weighted by molar-refractivity contribution is -0.274. The van der Waals surface area contributed by atoms with Gasteiger partial charge in [0.1, 0.15) is 17.9 Å². The van der Waals surface area contributed by atoms with E-state index >= 15 is 0 Å². The lowest BCUT2D eigenvalue weighted by Gasteiger charge is -2.19. The second kappa shape index (κ2) is 7.49. The average molecular weight is 378 g/mol. The molecule has 1 fully saturated rings. The molecule has 27 heavy (non-hydrogen) atoms. The van der Waals surface area contributed by atoms with Crippen molar-refractivity contribution in [2.24, 2.45) is 0 Å². The molecular formula is C17H13F3N4O3. The van der Waals surface area contributed by atoms with E-state index in [-0.39, 0.29) is 30.2 Å². The summed E-state index contributed by atoms with van der Waals surface area (Å²) in [7, 11) is 0. The van der Waals surface area contributed by atoms with Crippen molar-refractivity contribution in [3.05, 3.63) is 47.9 Å². The number of nitriles is 1. The van der Waals surface area contributed by atoms with Crippen molar-refractivity contribution in [1.82, 2.24) is 14.9 Å².